The molecule has 4 N–H and O–H groups in total. The molecule has 0 radical (unpaired) electrons. The van der Waals surface area contributed by atoms with Crippen molar-refractivity contribution in [1.82, 2.24) is 15.1 Å². The van der Waals surface area contributed by atoms with Crippen molar-refractivity contribution in [3.63, 3.8) is 0 Å². The maximum atomic E-state index is 13.4. The van der Waals surface area contributed by atoms with Gasteiger partial charge in [-0.2, -0.15) is 5.10 Å². The number of rotatable bonds is 4. The molecule has 0 saturated carbocycles. The molecular weight excluding hydrogens is 345 g/mol. The number of halogens is 1. The molecule has 2 atom stereocenters. The van der Waals surface area contributed by atoms with E-state index in [4.69, 9.17) is 5.73 Å². The Kier molecular flexibility index (Phi) is 4.77. The van der Waals surface area contributed by atoms with Crippen LogP contribution < -0.4 is 11.1 Å². The number of amides is 1. The first kappa shape index (κ1) is 17.5. The topological polar surface area (TPSA) is 87.0 Å². The Balaban J connectivity index is 1.43. The highest BCUT2D eigenvalue weighted by atomic mass is 19.1. The van der Waals surface area contributed by atoms with Gasteiger partial charge in [-0.15, -0.1) is 0 Å². The Bertz CT molecular complexity index is 956. The summed E-state index contributed by atoms with van der Waals surface area (Å²) in [6, 6.07) is 11.2. The number of nitrogens with two attached hydrogens (primary N) is 1. The number of hydrogen-bond donors (Lipinski definition) is 3. The van der Waals surface area contributed by atoms with Crippen molar-refractivity contribution in [2.45, 2.75) is 24.9 Å². The Morgan fingerprint density at radius 1 is 1.33 bits per heavy atom. The van der Waals surface area contributed by atoms with Crippen LogP contribution in [0.25, 0.3) is 10.9 Å². The molecule has 1 saturated heterocycles. The third kappa shape index (κ3) is 3.78. The number of aromatic nitrogens is 2. The van der Waals surface area contributed by atoms with Gasteiger partial charge in [0.15, 0.2) is 0 Å². The fraction of sp³-hybridized carbons (Fsp3) is 0.300. The lowest BCUT2D eigenvalue weighted by Gasteiger charge is -2.35. The quantitative estimate of drug-likeness (QED) is 0.662. The van der Waals surface area contributed by atoms with Crippen LogP contribution in [0, 0.1) is 5.82 Å². The predicted octanol–water partition coefficient (Wildman–Crippen LogP) is 2.80. The van der Waals surface area contributed by atoms with E-state index in [1.807, 2.05) is 18.2 Å². The molecule has 3 aromatic rings. The molecule has 1 aliphatic heterocycles. The van der Waals surface area contributed by atoms with E-state index in [-0.39, 0.29) is 17.8 Å². The average molecular weight is 367 g/mol. The number of piperidine rings is 1. The number of aromatic amines is 1. The van der Waals surface area contributed by atoms with Crippen LogP contribution in [0.2, 0.25) is 0 Å². The minimum Gasteiger partial charge on any atom is -0.381 e. The van der Waals surface area contributed by atoms with Gasteiger partial charge in [0.25, 0.3) is 0 Å². The molecule has 7 heteroatoms. The van der Waals surface area contributed by atoms with Gasteiger partial charge in [-0.05, 0) is 48.7 Å². The summed E-state index contributed by atoms with van der Waals surface area (Å²) in [7, 11) is 0. The molecule has 1 aromatic heterocycles. The molecule has 140 valence electrons. The number of H-pyrrole nitrogens is 1. The van der Waals surface area contributed by atoms with E-state index in [0.717, 1.165) is 29.4 Å². The van der Waals surface area contributed by atoms with Gasteiger partial charge in [0.05, 0.1) is 11.7 Å². The molecule has 27 heavy (non-hydrogen) atoms. The standard InChI is InChI=1S/C20H22FN5O/c21-15-4-1-3-13(9-15)19(22)20(27)26-8-2-5-17(12-26)24-16-6-7-18-14(10-16)11-23-25-18/h1,3-4,6-7,9-11,17,19,24H,2,5,8,12,22H2,(H,23,25). The zero-order valence-electron chi connectivity index (χ0n) is 14.9. The van der Waals surface area contributed by atoms with Crippen molar-refractivity contribution < 1.29 is 9.18 Å². The number of carbonyl (C=O) groups excluding carboxylic acids is 1. The lowest BCUT2D eigenvalue weighted by molar-refractivity contribution is -0.133. The van der Waals surface area contributed by atoms with Gasteiger partial charge in [-0.1, -0.05) is 12.1 Å². The third-order valence-electron chi connectivity index (χ3n) is 5.02. The van der Waals surface area contributed by atoms with Gasteiger partial charge < -0.3 is 16.0 Å². The highest BCUT2D eigenvalue weighted by Gasteiger charge is 2.28. The Hall–Kier alpha value is -2.93. The first-order chi connectivity index (χ1) is 13.1. The average Bonchev–Trinajstić information content (AvgIpc) is 3.15. The van der Waals surface area contributed by atoms with Crippen molar-refractivity contribution in [3.8, 4) is 0 Å². The molecule has 4 rings (SSSR count). The van der Waals surface area contributed by atoms with Crippen molar-refractivity contribution in [2.24, 2.45) is 5.73 Å². The molecule has 1 amide bonds. The van der Waals surface area contributed by atoms with Gasteiger partial charge >= 0.3 is 0 Å². The summed E-state index contributed by atoms with van der Waals surface area (Å²) in [5, 5.41) is 11.5. The van der Waals surface area contributed by atoms with E-state index in [0.29, 0.717) is 18.7 Å². The monoisotopic (exact) mass is 367 g/mol. The molecule has 6 nitrogen and oxygen atoms in total. The molecular formula is C20H22FN5O. The summed E-state index contributed by atoms with van der Waals surface area (Å²) in [5.41, 5.74) is 8.58. The van der Waals surface area contributed by atoms with Gasteiger partial charge in [0, 0.05) is 30.2 Å². The highest BCUT2D eigenvalue weighted by molar-refractivity contribution is 5.83. The first-order valence-corrected chi connectivity index (χ1v) is 9.09. The summed E-state index contributed by atoms with van der Waals surface area (Å²) in [4.78, 5) is 14.6. The van der Waals surface area contributed by atoms with Gasteiger partial charge in [0.1, 0.15) is 11.9 Å². The van der Waals surface area contributed by atoms with E-state index >= 15 is 0 Å². The lowest BCUT2D eigenvalue weighted by Crippen LogP contribution is -2.48. The zero-order chi connectivity index (χ0) is 18.8. The maximum Gasteiger partial charge on any atom is 0.244 e. The van der Waals surface area contributed by atoms with Crippen LogP contribution in [-0.2, 0) is 4.79 Å². The number of carbonyl (C=O) groups is 1. The second kappa shape index (κ2) is 7.36. The van der Waals surface area contributed by atoms with E-state index in [2.05, 4.69) is 15.5 Å². The number of nitrogens with one attached hydrogen (secondary N) is 2. The third-order valence-corrected chi connectivity index (χ3v) is 5.02. The van der Waals surface area contributed by atoms with E-state index in [1.54, 1.807) is 23.2 Å². The van der Waals surface area contributed by atoms with Gasteiger partial charge in [0.2, 0.25) is 5.91 Å². The van der Waals surface area contributed by atoms with E-state index in [9.17, 15) is 9.18 Å². The second-order valence-corrected chi connectivity index (χ2v) is 6.97. The summed E-state index contributed by atoms with van der Waals surface area (Å²) in [5.74, 6) is -0.555. The van der Waals surface area contributed by atoms with E-state index in [1.165, 1.54) is 12.1 Å². The molecule has 1 aliphatic rings. The molecule has 2 heterocycles. The van der Waals surface area contributed by atoms with Crippen LogP contribution in [0.1, 0.15) is 24.4 Å². The van der Waals surface area contributed by atoms with Gasteiger partial charge in [-0.3, -0.25) is 9.89 Å². The number of hydrogen-bond acceptors (Lipinski definition) is 4. The number of likely N-dealkylation sites (tertiary alicyclic amines) is 1. The van der Waals surface area contributed by atoms with Crippen LogP contribution >= 0.6 is 0 Å². The van der Waals surface area contributed by atoms with Crippen LogP contribution in [0.5, 0.6) is 0 Å². The van der Waals surface area contributed by atoms with Crippen LogP contribution in [0.3, 0.4) is 0 Å². The van der Waals surface area contributed by atoms with Gasteiger partial charge in [-0.25, -0.2) is 4.39 Å². The Morgan fingerprint density at radius 3 is 3.07 bits per heavy atom. The van der Waals surface area contributed by atoms with Crippen LogP contribution in [0.15, 0.2) is 48.7 Å². The van der Waals surface area contributed by atoms with E-state index < -0.39 is 6.04 Å². The minimum absolute atomic E-state index is 0.145. The Labute approximate surface area is 156 Å². The van der Waals surface area contributed by atoms with Crippen molar-refractivity contribution in [1.29, 1.82) is 0 Å². The number of anilines is 1. The summed E-state index contributed by atoms with van der Waals surface area (Å²) in [6.07, 6.45) is 3.66. The summed E-state index contributed by atoms with van der Waals surface area (Å²) >= 11 is 0. The number of fused-ring (bicyclic) bond motifs is 1. The predicted molar refractivity (Wildman–Crippen MR) is 103 cm³/mol. The Morgan fingerprint density at radius 2 is 2.22 bits per heavy atom. The van der Waals surface area contributed by atoms with Crippen LogP contribution in [0.4, 0.5) is 10.1 Å². The first-order valence-electron chi connectivity index (χ1n) is 9.09. The van der Waals surface area contributed by atoms with Crippen molar-refractivity contribution >= 4 is 22.5 Å². The van der Waals surface area contributed by atoms with Crippen LogP contribution in [-0.4, -0.2) is 40.1 Å². The zero-order valence-corrected chi connectivity index (χ0v) is 14.9. The summed E-state index contributed by atoms with van der Waals surface area (Å²) in [6.45, 7) is 1.24. The minimum atomic E-state index is -0.846. The van der Waals surface area contributed by atoms with Crippen molar-refractivity contribution in [3.05, 3.63) is 60.0 Å². The maximum absolute atomic E-state index is 13.4. The number of benzene rings is 2. The normalized spacial score (nSPS) is 18.4. The number of nitrogens with zero attached hydrogens (tertiary/aromatic N) is 2. The smallest absolute Gasteiger partial charge is 0.244 e. The fourth-order valence-electron chi connectivity index (χ4n) is 3.60. The SMILES string of the molecule is NC(C(=O)N1CCCC(Nc2ccc3[nH]ncc3c2)C1)c1cccc(F)c1. The molecule has 0 bridgehead atoms. The molecule has 2 unspecified atom stereocenters. The largest absolute Gasteiger partial charge is 0.381 e. The molecule has 0 aliphatic carbocycles. The van der Waals surface area contributed by atoms with Crippen molar-refractivity contribution in [2.75, 3.05) is 18.4 Å². The molecule has 0 spiro atoms. The summed E-state index contributed by atoms with van der Waals surface area (Å²) < 4.78 is 13.4. The highest BCUT2D eigenvalue weighted by Crippen LogP contribution is 2.22. The molecule has 1 fully saturated rings. The lowest BCUT2D eigenvalue weighted by atomic mass is 10.0. The second-order valence-electron chi connectivity index (χ2n) is 6.97. The molecule has 2 aromatic carbocycles. The fourth-order valence-corrected chi connectivity index (χ4v) is 3.60.